The number of nitrogens with two attached hydrogens (primary N) is 1. The zero-order chi connectivity index (χ0) is 10.4. The molecule has 5 heteroatoms. The van der Waals surface area contributed by atoms with Gasteiger partial charge >= 0.3 is 0 Å². The lowest BCUT2D eigenvalue weighted by molar-refractivity contribution is 0.285. The first kappa shape index (κ1) is 11.6. The summed E-state index contributed by atoms with van der Waals surface area (Å²) in [5.74, 6) is 0. The number of nitrogens with one attached hydrogen (secondary N) is 1. The molecule has 1 rings (SSSR count). The van der Waals surface area contributed by atoms with Crippen molar-refractivity contribution < 1.29 is 5.11 Å². The lowest BCUT2D eigenvalue weighted by atomic mass is 10.1. The van der Waals surface area contributed by atoms with Crippen molar-refractivity contribution >= 4 is 15.9 Å². The molecule has 78 valence electrons. The van der Waals surface area contributed by atoms with E-state index in [0.29, 0.717) is 13.1 Å². The van der Waals surface area contributed by atoms with Gasteiger partial charge in [-0.3, -0.25) is 4.98 Å². The molecular formula is C9H14BrN3O. The van der Waals surface area contributed by atoms with E-state index in [0.717, 1.165) is 10.0 Å². The van der Waals surface area contributed by atoms with E-state index in [2.05, 4.69) is 26.2 Å². The molecule has 0 fully saturated rings. The van der Waals surface area contributed by atoms with Gasteiger partial charge in [0, 0.05) is 36.0 Å². The minimum Gasteiger partial charge on any atom is -0.395 e. The van der Waals surface area contributed by atoms with E-state index < -0.39 is 0 Å². The Morgan fingerprint density at radius 2 is 2.36 bits per heavy atom. The molecule has 0 saturated heterocycles. The molecule has 1 aromatic heterocycles. The lowest BCUT2D eigenvalue weighted by Crippen LogP contribution is -2.30. The molecule has 0 aromatic carbocycles. The summed E-state index contributed by atoms with van der Waals surface area (Å²) in [5.41, 5.74) is 6.63. The minimum absolute atomic E-state index is 0.0483. The highest BCUT2D eigenvalue weighted by molar-refractivity contribution is 9.10. The molecule has 1 aromatic rings. The van der Waals surface area contributed by atoms with Crippen LogP contribution in [0.4, 0.5) is 0 Å². The topological polar surface area (TPSA) is 71.2 Å². The molecule has 1 atom stereocenters. The fraction of sp³-hybridized carbons (Fsp3) is 0.444. The molecule has 4 N–H and O–H groups in total. The Balaban J connectivity index is 2.68. The number of rotatable bonds is 5. The van der Waals surface area contributed by atoms with Gasteiger partial charge in [-0.2, -0.15) is 0 Å². The van der Waals surface area contributed by atoms with E-state index in [1.807, 2.05) is 6.07 Å². The van der Waals surface area contributed by atoms with Gasteiger partial charge in [0.1, 0.15) is 0 Å². The average molecular weight is 260 g/mol. The van der Waals surface area contributed by atoms with Crippen LogP contribution in [0.2, 0.25) is 0 Å². The van der Waals surface area contributed by atoms with E-state index in [1.165, 1.54) is 0 Å². The summed E-state index contributed by atoms with van der Waals surface area (Å²) in [6, 6.07) is 2.02. The maximum Gasteiger partial charge on any atom is 0.0556 e. The Morgan fingerprint density at radius 1 is 1.57 bits per heavy atom. The fourth-order valence-corrected chi connectivity index (χ4v) is 1.58. The number of aliphatic hydroxyl groups is 1. The average Bonchev–Trinajstić information content (AvgIpc) is 2.19. The van der Waals surface area contributed by atoms with Crippen LogP contribution in [0.25, 0.3) is 0 Å². The second-order valence-corrected chi connectivity index (χ2v) is 3.82. The highest BCUT2D eigenvalue weighted by Crippen LogP contribution is 2.15. The van der Waals surface area contributed by atoms with Crippen molar-refractivity contribution in [1.82, 2.24) is 10.3 Å². The zero-order valence-electron chi connectivity index (χ0n) is 7.78. The van der Waals surface area contributed by atoms with E-state index >= 15 is 0 Å². The number of hydrogen-bond acceptors (Lipinski definition) is 4. The van der Waals surface area contributed by atoms with Crippen LogP contribution < -0.4 is 11.1 Å². The molecule has 14 heavy (non-hydrogen) atoms. The van der Waals surface area contributed by atoms with Crippen LogP contribution in [0.1, 0.15) is 11.6 Å². The van der Waals surface area contributed by atoms with Crippen molar-refractivity contribution in [3.8, 4) is 0 Å². The SMILES string of the molecule is NCC(NCCO)c1cncc(Br)c1. The third-order valence-electron chi connectivity index (χ3n) is 1.87. The molecule has 0 aliphatic rings. The van der Waals surface area contributed by atoms with Gasteiger partial charge in [-0.25, -0.2) is 0 Å². The van der Waals surface area contributed by atoms with Crippen molar-refractivity contribution in [2.45, 2.75) is 6.04 Å². The summed E-state index contributed by atoms with van der Waals surface area (Å²) in [4.78, 5) is 4.06. The van der Waals surface area contributed by atoms with E-state index in [9.17, 15) is 0 Å². The summed E-state index contributed by atoms with van der Waals surface area (Å²) < 4.78 is 0.930. The van der Waals surface area contributed by atoms with E-state index in [1.54, 1.807) is 12.4 Å². The quantitative estimate of drug-likeness (QED) is 0.717. The maximum atomic E-state index is 8.68. The first-order chi connectivity index (χ1) is 6.77. The smallest absolute Gasteiger partial charge is 0.0556 e. The molecule has 0 bridgehead atoms. The third-order valence-corrected chi connectivity index (χ3v) is 2.30. The van der Waals surface area contributed by atoms with Gasteiger partial charge in [0.25, 0.3) is 0 Å². The summed E-state index contributed by atoms with van der Waals surface area (Å²) >= 11 is 3.35. The Bertz CT molecular complexity index is 283. The van der Waals surface area contributed by atoms with Crippen molar-refractivity contribution in [3.05, 3.63) is 28.5 Å². The normalized spacial score (nSPS) is 12.8. The first-order valence-electron chi connectivity index (χ1n) is 4.42. The van der Waals surface area contributed by atoms with Crippen molar-refractivity contribution in [2.24, 2.45) is 5.73 Å². The summed E-state index contributed by atoms with van der Waals surface area (Å²) in [6.07, 6.45) is 3.50. The number of hydrogen-bond donors (Lipinski definition) is 3. The molecule has 0 radical (unpaired) electrons. The Labute approximate surface area is 91.7 Å². The Kier molecular flexibility index (Phi) is 5.03. The van der Waals surface area contributed by atoms with Crippen LogP contribution in [-0.4, -0.2) is 29.8 Å². The number of aliphatic hydroxyl groups excluding tert-OH is 1. The highest BCUT2D eigenvalue weighted by Gasteiger charge is 2.08. The summed E-state index contributed by atoms with van der Waals surface area (Å²) in [7, 11) is 0. The maximum absolute atomic E-state index is 8.68. The standard InChI is InChI=1S/C9H14BrN3O/c10-8-3-7(5-12-6-8)9(4-11)13-1-2-14/h3,5-6,9,13-14H,1-2,4,11H2. The molecule has 0 amide bonds. The summed E-state index contributed by atoms with van der Waals surface area (Å²) in [5, 5.41) is 11.8. The fourth-order valence-electron chi connectivity index (χ4n) is 1.19. The van der Waals surface area contributed by atoms with Gasteiger partial charge in [-0.05, 0) is 27.6 Å². The number of nitrogens with zero attached hydrogens (tertiary/aromatic N) is 1. The van der Waals surface area contributed by atoms with Gasteiger partial charge in [0.05, 0.1) is 6.61 Å². The molecule has 4 nitrogen and oxygen atoms in total. The third kappa shape index (κ3) is 3.34. The van der Waals surface area contributed by atoms with Gasteiger partial charge in [-0.15, -0.1) is 0 Å². The van der Waals surface area contributed by atoms with Crippen LogP contribution in [0.3, 0.4) is 0 Å². The van der Waals surface area contributed by atoms with E-state index in [4.69, 9.17) is 10.8 Å². The first-order valence-corrected chi connectivity index (χ1v) is 5.22. The van der Waals surface area contributed by atoms with Crippen LogP contribution >= 0.6 is 15.9 Å². The number of pyridine rings is 1. The second kappa shape index (κ2) is 6.08. The Morgan fingerprint density at radius 3 is 2.93 bits per heavy atom. The highest BCUT2D eigenvalue weighted by atomic mass is 79.9. The minimum atomic E-state index is 0.0483. The number of halogens is 1. The summed E-state index contributed by atoms with van der Waals surface area (Å²) in [6.45, 7) is 1.13. The molecule has 0 saturated carbocycles. The van der Waals surface area contributed by atoms with Gasteiger partial charge in [0.2, 0.25) is 0 Å². The predicted molar refractivity (Wildman–Crippen MR) is 58.8 cm³/mol. The second-order valence-electron chi connectivity index (χ2n) is 2.90. The Hall–Kier alpha value is -0.490. The zero-order valence-corrected chi connectivity index (χ0v) is 9.37. The number of aromatic nitrogens is 1. The van der Waals surface area contributed by atoms with Crippen molar-refractivity contribution in [3.63, 3.8) is 0 Å². The van der Waals surface area contributed by atoms with Gasteiger partial charge in [0.15, 0.2) is 0 Å². The molecule has 1 unspecified atom stereocenters. The van der Waals surface area contributed by atoms with Crippen molar-refractivity contribution in [2.75, 3.05) is 19.7 Å². The van der Waals surface area contributed by atoms with E-state index in [-0.39, 0.29) is 12.6 Å². The van der Waals surface area contributed by atoms with Crippen LogP contribution in [0.15, 0.2) is 22.9 Å². The van der Waals surface area contributed by atoms with Crippen LogP contribution in [0.5, 0.6) is 0 Å². The van der Waals surface area contributed by atoms with Crippen LogP contribution in [0, 0.1) is 0 Å². The monoisotopic (exact) mass is 259 g/mol. The largest absolute Gasteiger partial charge is 0.395 e. The van der Waals surface area contributed by atoms with Crippen LogP contribution in [-0.2, 0) is 0 Å². The van der Waals surface area contributed by atoms with Gasteiger partial charge < -0.3 is 16.2 Å². The lowest BCUT2D eigenvalue weighted by Gasteiger charge is -2.16. The van der Waals surface area contributed by atoms with Gasteiger partial charge in [-0.1, -0.05) is 0 Å². The molecule has 0 aliphatic heterocycles. The molecular weight excluding hydrogens is 246 g/mol. The predicted octanol–water partition coefficient (Wildman–Crippen LogP) is 0.426. The molecule has 0 spiro atoms. The van der Waals surface area contributed by atoms with Crippen molar-refractivity contribution in [1.29, 1.82) is 0 Å². The molecule has 0 aliphatic carbocycles. The molecule has 1 heterocycles.